The number of halogens is 4. The van der Waals surface area contributed by atoms with Crippen molar-refractivity contribution in [1.29, 1.82) is 0 Å². The summed E-state index contributed by atoms with van der Waals surface area (Å²) in [5.74, 6) is 1.98. The summed E-state index contributed by atoms with van der Waals surface area (Å²) in [6.07, 6.45) is -0.0575. The summed E-state index contributed by atoms with van der Waals surface area (Å²) in [5.41, 5.74) is 0. The number of alkyl halides is 3. The molecule has 0 heterocycles. The Kier molecular flexibility index (Phi) is 9.64. The van der Waals surface area contributed by atoms with Crippen molar-refractivity contribution in [3.05, 3.63) is 0 Å². The van der Waals surface area contributed by atoms with Crippen molar-refractivity contribution in [1.82, 2.24) is 10.2 Å². The van der Waals surface area contributed by atoms with Gasteiger partial charge in [0.25, 0.3) is 0 Å². The van der Waals surface area contributed by atoms with Crippen LogP contribution >= 0.6 is 24.0 Å². The van der Waals surface area contributed by atoms with E-state index in [0.717, 1.165) is 12.5 Å². The lowest BCUT2D eigenvalue weighted by atomic mass is 9.83. The predicted octanol–water partition coefficient (Wildman–Crippen LogP) is 3.89. The molecule has 3 nitrogen and oxygen atoms in total. The van der Waals surface area contributed by atoms with Gasteiger partial charge in [-0.05, 0) is 24.7 Å². The van der Waals surface area contributed by atoms with Crippen LogP contribution in [0, 0.1) is 11.8 Å². The number of nitrogens with one attached hydrogen (secondary N) is 1. The SMILES string of the molecule is CN=C(NCCC(F)(F)F)N(C)CC1CCC(C)CC1.I. The summed E-state index contributed by atoms with van der Waals surface area (Å²) in [7, 11) is 3.50. The van der Waals surface area contributed by atoms with Gasteiger partial charge in [0.1, 0.15) is 0 Å². The fourth-order valence-electron chi connectivity index (χ4n) is 2.69. The van der Waals surface area contributed by atoms with E-state index < -0.39 is 12.6 Å². The third kappa shape index (κ3) is 8.73. The molecule has 0 radical (unpaired) electrons. The Labute approximate surface area is 142 Å². The number of hydrogen-bond acceptors (Lipinski definition) is 1. The van der Waals surface area contributed by atoms with Crippen molar-refractivity contribution in [2.24, 2.45) is 16.8 Å². The van der Waals surface area contributed by atoms with Gasteiger partial charge in [0.15, 0.2) is 5.96 Å². The maximum atomic E-state index is 12.1. The zero-order chi connectivity index (χ0) is 15.2. The molecule has 0 amide bonds. The van der Waals surface area contributed by atoms with E-state index in [0.29, 0.717) is 11.9 Å². The predicted molar refractivity (Wildman–Crippen MR) is 91.2 cm³/mol. The second kappa shape index (κ2) is 9.74. The first-order chi connectivity index (χ1) is 9.31. The van der Waals surface area contributed by atoms with Crippen molar-refractivity contribution in [3.63, 3.8) is 0 Å². The third-order valence-electron chi connectivity index (χ3n) is 3.93. The molecule has 0 aromatic carbocycles. The zero-order valence-corrected chi connectivity index (χ0v) is 15.4. The summed E-state index contributed by atoms with van der Waals surface area (Å²) >= 11 is 0. The molecule has 0 unspecified atom stereocenters. The van der Waals surface area contributed by atoms with Gasteiger partial charge in [-0.2, -0.15) is 13.2 Å². The van der Waals surface area contributed by atoms with Crippen LogP contribution in [-0.2, 0) is 0 Å². The van der Waals surface area contributed by atoms with Crippen LogP contribution in [0.15, 0.2) is 4.99 Å². The average Bonchev–Trinajstić information content (AvgIpc) is 2.36. The number of aliphatic imine (C=N–C) groups is 1. The number of hydrogen-bond donors (Lipinski definition) is 1. The van der Waals surface area contributed by atoms with Crippen molar-refractivity contribution >= 4 is 29.9 Å². The van der Waals surface area contributed by atoms with E-state index in [1.165, 1.54) is 25.7 Å². The lowest BCUT2D eigenvalue weighted by molar-refractivity contribution is -0.132. The first-order valence-corrected chi connectivity index (χ1v) is 7.30. The van der Waals surface area contributed by atoms with Crippen molar-refractivity contribution < 1.29 is 13.2 Å². The Morgan fingerprint density at radius 3 is 2.29 bits per heavy atom. The van der Waals surface area contributed by atoms with Gasteiger partial charge in [-0.3, -0.25) is 4.99 Å². The van der Waals surface area contributed by atoms with Gasteiger partial charge < -0.3 is 10.2 Å². The molecule has 1 aliphatic carbocycles. The monoisotopic (exact) mass is 421 g/mol. The molecule has 0 atom stereocenters. The van der Waals surface area contributed by atoms with Crippen molar-refractivity contribution in [2.45, 2.75) is 45.2 Å². The van der Waals surface area contributed by atoms with Gasteiger partial charge >= 0.3 is 6.18 Å². The fraction of sp³-hybridized carbons (Fsp3) is 0.929. The molecule has 21 heavy (non-hydrogen) atoms. The van der Waals surface area contributed by atoms with E-state index in [-0.39, 0.29) is 30.5 Å². The van der Waals surface area contributed by atoms with E-state index in [2.05, 4.69) is 17.2 Å². The second-order valence-electron chi connectivity index (χ2n) is 5.85. The highest BCUT2D eigenvalue weighted by Gasteiger charge is 2.27. The van der Waals surface area contributed by atoms with Gasteiger partial charge in [-0.15, -0.1) is 24.0 Å². The Hall–Kier alpha value is -0.210. The summed E-state index contributed by atoms with van der Waals surface area (Å²) in [4.78, 5) is 5.99. The minimum atomic E-state index is -4.12. The van der Waals surface area contributed by atoms with Crippen LogP contribution in [0.3, 0.4) is 0 Å². The van der Waals surface area contributed by atoms with Gasteiger partial charge in [-0.1, -0.05) is 19.8 Å². The number of guanidine groups is 1. The highest BCUT2D eigenvalue weighted by molar-refractivity contribution is 14.0. The molecule has 1 aliphatic rings. The lowest BCUT2D eigenvalue weighted by Gasteiger charge is -2.31. The standard InChI is InChI=1S/C14H26F3N3.HI/c1-11-4-6-12(7-5-11)10-20(3)13(18-2)19-9-8-14(15,16)17;/h11-12H,4-10H2,1-3H3,(H,18,19);1H. The summed E-state index contributed by atoms with van der Waals surface area (Å²) < 4.78 is 36.4. The van der Waals surface area contributed by atoms with E-state index in [4.69, 9.17) is 0 Å². The quantitative estimate of drug-likeness (QED) is 0.424. The Morgan fingerprint density at radius 2 is 1.81 bits per heavy atom. The summed E-state index contributed by atoms with van der Waals surface area (Å²) in [6.45, 7) is 3.01. The highest BCUT2D eigenvalue weighted by Crippen LogP contribution is 2.28. The highest BCUT2D eigenvalue weighted by atomic mass is 127. The van der Waals surface area contributed by atoms with Crippen LogP contribution in [0.25, 0.3) is 0 Å². The molecule has 0 aromatic rings. The third-order valence-corrected chi connectivity index (χ3v) is 3.93. The molecular weight excluding hydrogens is 394 g/mol. The van der Waals surface area contributed by atoms with Gasteiger partial charge in [0.2, 0.25) is 0 Å². The average molecular weight is 421 g/mol. The molecule has 1 N–H and O–H groups in total. The van der Waals surface area contributed by atoms with Crippen LogP contribution < -0.4 is 5.32 Å². The van der Waals surface area contributed by atoms with Crippen LogP contribution in [-0.4, -0.2) is 44.2 Å². The molecule has 7 heteroatoms. The van der Waals surface area contributed by atoms with Gasteiger partial charge in [0.05, 0.1) is 6.42 Å². The first kappa shape index (κ1) is 20.8. The van der Waals surface area contributed by atoms with Gasteiger partial charge in [-0.25, -0.2) is 0 Å². The van der Waals surface area contributed by atoms with E-state index >= 15 is 0 Å². The molecule has 0 spiro atoms. The molecule has 1 saturated carbocycles. The lowest BCUT2D eigenvalue weighted by Crippen LogP contribution is -2.42. The molecule has 0 aliphatic heterocycles. The normalized spacial score (nSPS) is 23.4. The molecule has 0 aromatic heterocycles. The van der Waals surface area contributed by atoms with Crippen LogP contribution in [0.5, 0.6) is 0 Å². The molecular formula is C14H27F3IN3. The fourth-order valence-corrected chi connectivity index (χ4v) is 2.69. The van der Waals surface area contributed by atoms with Crippen LogP contribution in [0.4, 0.5) is 13.2 Å². The maximum absolute atomic E-state index is 12.1. The minimum absolute atomic E-state index is 0. The molecule has 0 saturated heterocycles. The molecule has 1 rings (SSSR count). The number of rotatable bonds is 4. The summed E-state index contributed by atoms with van der Waals surface area (Å²) in [5, 5.41) is 2.78. The summed E-state index contributed by atoms with van der Waals surface area (Å²) in [6, 6.07) is 0. The molecule has 1 fully saturated rings. The molecule has 0 bridgehead atoms. The molecule has 126 valence electrons. The zero-order valence-electron chi connectivity index (χ0n) is 13.0. The maximum Gasteiger partial charge on any atom is 0.390 e. The van der Waals surface area contributed by atoms with E-state index in [1.54, 1.807) is 7.05 Å². The second-order valence-corrected chi connectivity index (χ2v) is 5.85. The first-order valence-electron chi connectivity index (χ1n) is 7.30. The van der Waals surface area contributed by atoms with E-state index in [1.807, 2.05) is 11.9 Å². The van der Waals surface area contributed by atoms with Crippen LogP contribution in [0.2, 0.25) is 0 Å². The smallest absolute Gasteiger partial charge is 0.356 e. The Bertz CT molecular complexity index is 313. The topological polar surface area (TPSA) is 27.6 Å². The minimum Gasteiger partial charge on any atom is -0.356 e. The van der Waals surface area contributed by atoms with Crippen molar-refractivity contribution in [3.8, 4) is 0 Å². The largest absolute Gasteiger partial charge is 0.390 e. The van der Waals surface area contributed by atoms with Crippen LogP contribution in [0.1, 0.15) is 39.0 Å². The number of nitrogens with zero attached hydrogens (tertiary/aromatic N) is 2. The Balaban J connectivity index is 0.00000400. The Morgan fingerprint density at radius 1 is 1.24 bits per heavy atom. The van der Waals surface area contributed by atoms with E-state index in [9.17, 15) is 13.2 Å². The van der Waals surface area contributed by atoms with Crippen molar-refractivity contribution in [2.75, 3.05) is 27.2 Å². The van der Waals surface area contributed by atoms with Gasteiger partial charge in [0, 0.05) is 27.2 Å².